The summed E-state index contributed by atoms with van der Waals surface area (Å²) in [5, 5.41) is 2.46. The van der Waals surface area contributed by atoms with E-state index in [1.807, 2.05) is 0 Å². The summed E-state index contributed by atoms with van der Waals surface area (Å²) >= 11 is 0. The van der Waals surface area contributed by atoms with Crippen molar-refractivity contribution in [3.63, 3.8) is 0 Å². The molecular weight excluding hydrogens is 232 g/mol. The van der Waals surface area contributed by atoms with E-state index >= 15 is 0 Å². The Labute approximate surface area is 113 Å². The second kappa shape index (κ2) is 3.77. The molecule has 1 heterocycles. The molecule has 2 nitrogen and oxygen atoms in total. The van der Waals surface area contributed by atoms with E-state index in [0.717, 1.165) is 11.0 Å². The molecule has 0 unspecified atom stereocenters. The fourth-order valence-corrected chi connectivity index (χ4v) is 2.63. The molecule has 0 bridgehead atoms. The maximum atomic E-state index is 6.25. The molecule has 0 aliphatic carbocycles. The first-order valence-electron chi connectivity index (χ1n) is 6.68. The second-order valence-electron chi connectivity index (χ2n) is 6.37. The molecule has 0 radical (unpaired) electrons. The van der Waals surface area contributed by atoms with Crippen LogP contribution in [0.3, 0.4) is 0 Å². The van der Waals surface area contributed by atoms with Gasteiger partial charge in [-0.15, -0.1) is 0 Å². The van der Waals surface area contributed by atoms with Crippen molar-refractivity contribution in [2.75, 3.05) is 5.84 Å². The molecule has 2 aromatic carbocycles. The van der Waals surface area contributed by atoms with Crippen molar-refractivity contribution in [2.45, 2.75) is 33.1 Å². The minimum Gasteiger partial charge on any atom is -0.339 e. The summed E-state index contributed by atoms with van der Waals surface area (Å²) < 4.78 is 1.80. The smallest absolute Gasteiger partial charge is 0.0706 e. The zero-order valence-corrected chi connectivity index (χ0v) is 12.0. The number of aryl methyl sites for hydroxylation is 1. The molecule has 2 heteroatoms. The second-order valence-corrected chi connectivity index (χ2v) is 6.37. The van der Waals surface area contributed by atoms with Crippen LogP contribution in [-0.2, 0) is 5.41 Å². The number of benzene rings is 2. The van der Waals surface area contributed by atoms with Gasteiger partial charge in [-0.25, -0.2) is 0 Å². The molecule has 0 saturated carbocycles. The normalized spacial score (nSPS) is 12.4. The van der Waals surface area contributed by atoms with E-state index in [2.05, 4.69) is 64.1 Å². The van der Waals surface area contributed by atoms with Crippen molar-refractivity contribution < 1.29 is 0 Å². The molecular formula is C17H20N2. The van der Waals surface area contributed by atoms with Crippen LogP contribution in [0.5, 0.6) is 0 Å². The first-order chi connectivity index (χ1) is 8.88. The Hall–Kier alpha value is -1.96. The lowest BCUT2D eigenvalue weighted by atomic mass is 9.86. The van der Waals surface area contributed by atoms with Crippen LogP contribution in [0.4, 0.5) is 0 Å². The maximum absolute atomic E-state index is 6.25. The molecule has 3 rings (SSSR count). The molecule has 0 spiro atoms. The van der Waals surface area contributed by atoms with E-state index in [4.69, 9.17) is 5.84 Å². The van der Waals surface area contributed by atoms with Gasteiger partial charge in [0.2, 0.25) is 0 Å². The van der Waals surface area contributed by atoms with Crippen molar-refractivity contribution in [3.05, 3.63) is 47.5 Å². The van der Waals surface area contributed by atoms with E-state index < -0.39 is 0 Å². The van der Waals surface area contributed by atoms with Crippen LogP contribution < -0.4 is 5.84 Å². The Kier molecular flexibility index (Phi) is 2.40. The van der Waals surface area contributed by atoms with Crippen molar-refractivity contribution in [2.24, 2.45) is 0 Å². The summed E-state index contributed by atoms with van der Waals surface area (Å²) in [6, 6.07) is 13.0. The van der Waals surface area contributed by atoms with Gasteiger partial charge in [0.15, 0.2) is 0 Å². The van der Waals surface area contributed by atoms with Crippen molar-refractivity contribution >= 4 is 21.8 Å². The fourth-order valence-electron chi connectivity index (χ4n) is 2.63. The highest BCUT2D eigenvalue weighted by Crippen LogP contribution is 2.31. The van der Waals surface area contributed by atoms with Crippen LogP contribution in [0.25, 0.3) is 21.8 Å². The zero-order valence-electron chi connectivity index (χ0n) is 12.0. The van der Waals surface area contributed by atoms with Gasteiger partial charge in [0, 0.05) is 10.8 Å². The Morgan fingerprint density at radius 2 is 1.63 bits per heavy atom. The number of rotatable bonds is 0. The van der Waals surface area contributed by atoms with E-state index in [0.29, 0.717) is 0 Å². The first-order valence-corrected chi connectivity index (χ1v) is 6.68. The number of nitrogens with two attached hydrogens (primary N) is 1. The topological polar surface area (TPSA) is 30.9 Å². The average molecular weight is 252 g/mol. The van der Waals surface area contributed by atoms with Crippen LogP contribution in [-0.4, -0.2) is 4.68 Å². The van der Waals surface area contributed by atoms with E-state index in [1.165, 1.54) is 21.9 Å². The number of hydrogen-bond acceptors (Lipinski definition) is 1. The molecule has 98 valence electrons. The predicted molar refractivity (Wildman–Crippen MR) is 83.0 cm³/mol. The summed E-state index contributed by atoms with van der Waals surface area (Å²) in [6.07, 6.45) is 0. The van der Waals surface area contributed by atoms with Crippen LogP contribution in [0.1, 0.15) is 31.9 Å². The van der Waals surface area contributed by atoms with Crippen molar-refractivity contribution in [1.82, 2.24) is 4.68 Å². The molecule has 0 atom stereocenters. The van der Waals surface area contributed by atoms with Gasteiger partial charge in [-0.1, -0.05) is 44.5 Å². The fraction of sp³-hybridized carbons (Fsp3) is 0.294. The third-order valence-corrected chi connectivity index (χ3v) is 3.83. The van der Waals surface area contributed by atoms with E-state index in [-0.39, 0.29) is 5.41 Å². The lowest BCUT2D eigenvalue weighted by molar-refractivity contribution is 0.591. The minimum absolute atomic E-state index is 0.139. The standard InChI is InChI=1S/C17H20N2/c1-11-5-8-15-14(9-11)13-7-6-12(17(2,3)4)10-16(13)19(15)18/h5-10H,18H2,1-4H3. The van der Waals surface area contributed by atoms with Gasteiger partial charge in [-0.05, 0) is 36.1 Å². The summed E-state index contributed by atoms with van der Waals surface area (Å²) in [4.78, 5) is 0. The summed E-state index contributed by atoms with van der Waals surface area (Å²) in [5.41, 5.74) is 4.91. The summed E-state index contributed by atoms with van der Waals surface area (Å²) in [6.45, 7) is 8.79. The van der Waals surface area contributed by atoms with Crippen LogP contribution in [0.15, 0.2) is 36.4 Å². The monoisotopic (exact) mass is 252 g/mol. The van der Waals surface area contributed by atoms with E-state index in [1.54, 1.807) is 4.68 Å². The van der Waals surface area contributed by atoms with Gasteiger partial charge in [0.05, 0.1) is 11.0 Å². The van der Waals surface area contributed by atoms with Crippen LogP contribution in [0, 0.1) is 6.92 Å². The first kappa shape index (κ1) is 12.1. The molecule has 0 aliphatic rings. The lowest BCUT2D eigenvalue weighted by Crippen LogP contribution is -2.12. The van der Waals surface area contributed by atoms with Gasteiger partial charge in [-0.2, -0.15) is 0 Å². The zero-order chi connectivity index (χ0) is 13.8. The molecule has 0 amide bonds. The highest BCUT2D eigenvalue weighted by molar-refractivity contribution is 6.08. The molecule has 19 heavy (non-hydrogen) atoms. The third-order valence-electron chi connectivity index (χ3n) is 3.83. The van der Waals surface area contributed by atoms with Crippen molar-refractivity contribution in [3.8, 4) is 0 Å². The van der Waals surface area contributed by atoms with Crippen LogP contribution >= 0.6 is 0 Å². The van der Waals surface area contributed by atoms with Crippen LogP contribution in [0.2, 0.25) is 0 Å². The molecule has 3 aromatic rings. The van der Waals surface area contributed by atoms with Gasteiger partial charge in [0.25, 0.3) is 0 Å². The summed E-state index contributed by atoms with van der Waals surface area (Å²) in [5.74, 6) is 6.25. The van der Waals surface area contributed by atoms with Gasteiger partial charge >= 0.3 is 0 Å². The van der Waals surface area contributed by atoms with E-state index in [9.17, 15) is 0 Å². The Morgan fingerprint density at radius 1 is 0.895 bits per heavy atom. The maximum Gasteiger partial charge on any atom is 0.0706 e. The molecule has 2 N–H and O–H groups in total. The molecule has 0 fully saturated rings. The average Bonchev–Trinajstić information content (AvgIpc) is 2.61. The quantitative estimate of drug-likeness (QED) is 0.600. The SMILES string of the molecule is Cc1ccc2c(c1)c1ccc(C(C)(C)C)cc1n2N. The lowest BCUT2D eigenvalue weighted by Gasteiger charge is -2.19. The molecule has 0 saturated heterocycles. The van der Waals surface area contributed by atoms with Gasteiger partial charge in [0.1, 0.15) is 0 Å². The Balaban J connectivity index is 2.42. The van der Waals surface area contributed by atoms with Crippen molar-refractivity contribution in [1.29, 1.82) is 0 Å². The highest BCUT2D eigenvalue weighted by atomic mass is 15.3. The largest absolute Gasteiger partial charge is 0.339 e. The minimum atomic E-state index is 0.139. The highest BCUT2D eigenvalue weighted by Gasteiger charge is 2.16. The molecule has 1 aromatic heterocycles. The summed E-state index contributed by atoms with van der Waals surface area (Å²) in [7, 11) is 0. The van der Waals surface area contributed by atoms with Gasteiger partial charge < -0.3 is 5.84 Å². The number of nitrogen functional groups attached to an aromatic ring is 1. The third kappa shape index (κ3) is 1.79. The predicted octanol–water partition coefficient (Wildman–Crippen LogP) is 4.11. The Morgan fingerprint density at radius 3 is 2.32 bits per heavy atom. The Bertz CT molecular complexity index is 773. The number of fused-ring (bicyclic) bond motifs is 3. The number of nitrogens with zero attached hydrogens (tertiary/aromatic N) is 1. The number of hydrogen-bond donors (Lipinski definition) is 1. The number of aromatic nitrogens is 1. The molecule has 0 aliphatic heterocycles. The van der Waals surface area contributed by atoms with Gasteiger partial charge in [-0.3, -0.25) is 4.68 Å².